The van der Waals surface area contributed by atoms with E-state index < -0.39 is 12.0 Å². The van der Waals surface area contributed by atoms with Gasteiger partial charge in [0.1, 0.15) is 12.1 Å². The van der Waals surface area contributed by atoms with Gasteiger partial charge in [-0.05, 0) is 37.5 Å². The third-order valence-electron chi connectivity index (χ3n) is 2.76. The van der Waals surface area contributed by atoms with Crippen LogP contribution in [0, 0.1) is 18.3 Å². The minimum atomic E-state index is -0.929. The van der Waals surface area contributed by atoms with E-state index in [1.54, 1.807) is 19.2 Å². The maximum absolute atomic E-state index is 11.2. The van der Waals surface area contributed by atoms with E-state index in [1.165, 1.54) is 0 Å². The van der Waals surface area contributed by atoms with Gasteiger partial charge in [0.05, 0.1) is 11.3 Å². The average Bonchev–Trinajstić information content (AvgIpc) is 2.38. The predicted molar refractivity (Wildman–Crippen MR) is 72.1 cm³/mol. The Morgan fingerprint density at radius 1 is 1.58 bits per heavy atom. The molecule has 5 heteroatoms. The molecule has 1 unspecified atom stereocenters. The molecule has 5 nitrogen and oxygen atoms in total. The van der Waals surface area contributed by atoms with E-state index >= 15 is 0 Å². The number of rotatable bonds is 7. The molecule has 0 aliphatic heterocycles. The van der Waals surface area contributed by atoms with Crippen LogP contribution in [0.5, 0.6) is 0 Å². The van der Waals surface area contributed by atoms with Crippen LogP contribution in [-0.4, -0.2) is 30.8 Å². The number of nitrogens with one attached hydrogen (secondary N) is 1. The number of ether oxygens (including phenoxy) is 1. The van der Waals surface area contributed by atoms with Crippen molar-refractivity contribution in [2.45, 2.75) is 25.8 Å². The van der Waals surface area contributed by atoms with Gasteiger partial charge in [0.2, 0.25) is 0 Å². The van der Waals surface area contributed by atoms with Crippen LogP contribution in [0.15, 0.2) is 18.2 Å². The molecule has 0 aromatic heterocycles. The molecule has 102 valence electrons. The quantitative estimate of drug-likeness (QED) is 0.736. The van der Waals surface area contributed by atoms with Gasteiger partial charge in [-0.15, -0.1) is 0 Å². The number of aliphatic carboxylic acids is 1. The Balaban J connectivity index is 2.81. The summed E-state index contributed by atoms with van der Waals surface area (Å²) in [5.74, 6) is -0.929. The normalized spacial score (nSPS) is 11.6. The van der Waals surface area contributed by atoms with Crippen molar-refractivity contribution in [2.24, 2.45) is 0 Å². The van der Waals surface area contributed by atoms with Gasteiger partial charge in [-0.25, -0.2) is 4.79 Å². The summed E-state index contributed by atoms with van der Waals surface area (Å²) in [5, 5.41) is 21.1. The summed E-state index contributed by atoms with van der Waals surface area (Å²) >= 11 is 0. The van der Waals surface area contributed by atoms with Gasteiger partial charge in [-0.3, -0.25) is 0 Å². The summed E-state index contributed by atoms with van der Waals surface area (Å²) < 4.78 is 4.91. The smallest absolute Gasteiger partial charge is 0.326 e. The number of anilines is 1. The maximum atomic E-state index is 11.2. The Morgan fingerprint density at radius 3 is 2.89 bits per heavy atom. The van der Waals surface area contributed by atoms with E-state index in [9.17, 15) is 9.90 Å². The number of hydrogen-bond donors (Lipinski definition) is 2. The van der Waals surface area contributed by atoms with Gasteiger partial charge in [0.25, 0.3) is 0 Å². The van der Waals surface area contributed by atoms with E-state index in [0.717, 1.165) is 5.56 Å². The van der Waals surface area contributed by atoms with Crippen LogP contribution in [0.2, 0.25) is 0 Å². The van der Waals surface area contributed by atoms with Gasteiger partial charge in [-0.1, -0.05) is 6.07 Å². The minimum Gasteiger partial charge on any atom is -0.480 e. The van der Waals surface area contributed by atoms with Gasteiger partial charge in [-0.2, -0.15) is 5.26 Å². The first kappa shape index (κ1) is 15.0. The lowest BCUT2D eigenvalue weighted by molar-refractivity contribution is -0.138. The minimum absolute atomic E-state index is 0.446. The number of methoxy groups -OCH3 is 1. The molecule has 0 amide bonds. The van der Waals surface area contributed by atoms with Crippen molar-refractivity contribution in [3.8, 4) is 6.07 Å². The number of aryl methyl sites for hydroxylation is 1. The van der Waals surface area contributed by atoms with Crippen molar-refractivity contribution in [3.63, 3.8) is 0 Å². The van der Waals surface area contributed by atoms with Crippen LogP contribution >= 0.6 is 0 Å². The second-order valence-corrected chi connectivity index (χ2v) is 4.33. The van der Waals surface area contributed by atoms with E-state index in [2.05, 4.69) is 11.4 Å². The van der Waals surface area contributed by atoms with Gasteiger partial charge in [0.15, 0.2) is 0 Å². The largest absolute Gasteiger partial charge is 0.480 e. The molecule has 1 rings (SSSR count). The van der Waals surface area contributed by atoms with Gasteiger partial charge < -0.3 is 15.2 Å². The van der Waals surface area contributed by atoms with Crippen molar-refractivity contribution >= 4 is 11.7 Å². The fourth-order valence-electron chi connectivity index (χ4n) is 1.75. The number of hydrogen-bond acceptors (Lipinski definition) is 4. The number of carboxylic acid groups (broad SMARTS) is 1. The second kappa shape index (κ2) is 7.39. The number of carboxylic acids is 1. The molecule has 0 radical (unpaired) electrons. The summed E-state index contributed by atoms with van der Waals surface area (Å²) in [5.41, 5.74) is 1.98. The van der Waals surface area contributed by atoms with Gasteiger partial charge in [0, 0.05) is 13.7 Å². The molecule has 0 aliphatic carbocycles. The van der Waals surface area contributed by atoms with Crippen molar-refractivity contribution < 1.29 is 14.6 Å². The number of carbonyl (C=O) groups is 1. The molecule has 2 N–H and O–H groups in total. The fraction of sp³-hybridized carbons (Fsp3) is 0.429. The molecule has 0 aliphatic rings. The molecule has 0 bridgehead atoms. The summed E-state index contributed by atoms with van der Waals surface area (Å²) in [4.78, 5) is 11.2. The molecule has 0 saturated heterocycles. The summed E-state index contributed by atoms with van der Waals surface area (Å²) in [7, 11) is 1.58. The molecular weight excluding hydrogens is 244 g/mol. The molecule has 19 heavy (non-hydrogen) atoms. The van der Waals surface area contributed by atoms with Crippen molar-refractivity contribution in [2.75, 3.05) is 19.0 Å². The van der Waals surface area contributed by atoms with E-state index in [1.807, 2.05) is 13.0 Å². The highest BCUT2D eigenvalue weighted by molar-refractivity contribution is 5.78. The monoisotopic (exact) mass is 262 g/mol. The van der Waals surface area contributed by atoms with Crippen LogP contribution in [0.4, 0.5) is 5.69 Å². The predicted octanol–water partition coefficient (Wildman–Crippen LogP) is 2.16. The maximum Gasteiger partial charge on any atom is 0.326 e. The molecule has 1 atom stereocenters. The topological polar surface area (TPSA) is 82.3 Å². The SMILES string of the molecule is COCCCC(Nc1cc(C)ccc1C#N)C(=O)O. The standard InChI is InChI=1S/C14H18N2O3/c1-10-5-6-11(9-15)13(8-10)16-12(14(17)18)4-3-7-19-2/h5-6,8,12,16H,3-4,7H2,1-2H3,(H,17,18). The Kier molecular flexibility index (Phi) is 5.83. The van der Waals surface area contributed by atoms with Gasteiger partial charge >= 0.3 is 5.97 Å². The summed E-state index contributed by atoms with van der Waals surface area (Å²) in [6, 6.07) is 6.63. The van der Waals surface area contributed by atoms with Crippen LogP contribution < -0.4 is 5.32 Å². The first-order valence-electron chi connectivity index (χ1n) is 6.07. The zero-order valence-corrected chi connectivity index (χ0v) is 11.1. The van der Waals surface area contributed by atoms with Crippen molar-refractivity contribution in [3.05, 3.63) is 29.3 Å². The number of nitrogens with zero attached hydrogens (tertiary/aromatic N) is 1. The number of nitriles is 1. The Hall–Kier alpha value is -2.06. The third kappa shape index (κ3) is 4.60. The lowest BCUT2D eigenvalue weighted by atomic mass is 10.1. The molecule has 0 saturated carbocycles. The van der Waals surface area contributed by atoms with Crippen molar-refractivity contribution in [1.82, 2.24) is 0 Å². The lowest BCUT2D eigenvalue weighted by Gasteiger charge is -2.17. The lowest BCUT2D eigenvalue weighted by Crippen LogP contribution is -2.29. The van der Waals surface area contributed by atoms with Crippen LogP contribution in [0.1, 0.15) is 24.0 Å². The Morgan fingerprint density at radius 2 is 2.32 bits per heavy atom. The zero-order chi connectivity index (χ0) is 14.3. The highest BCUT2D eigenvalue weighted by Gasteiger charge is 2.18. The first-order chi connectivity index (χ1) is 9.08. The van der Waals surface area contributed by atoms with Crippen LogP contribution in [0.3, 0.4) is 0 Å². The summed E-state index contributed by atoms with van der Waals surface area (Å²) in [6.07, 6.45) is 1.09. The molecule has 1 aromatic rings. The molecule has 1 aromatic carbocycles. The van der Waals surface area contributed by atoms with Crippen molar-refractivity contribution in [1.29, 1.82) is 5.26 Å². The van der Waals surface area contributed by atoms with E-state index in [0.29, 0.717) is 30.7 Å². The Labute approximate surface area is 112 Å². The van der Waals surface area contributed by atoms with Crippen LogP contribution in [-0.2, 0) is 9.53 Å². The van der Waals surface area contributed by atoms with E-state index in [4.69, 9.17) is 10.00 Å². The third-order valence-corrected chi connectivity index (χ3v) is 2.76. The Bertz CT molecular complexity index is 480. The highest BCUT2D eigenvalue weighted by Crippen LogP contribution is 2.19. The molecule has 0 spiro atoms. The summed E-state index contributed by atoms with van der Waals surface area (Å²) in [6.45, 7) is 2.41. The first-order valence-corrected chi connectivity index (χ1v) is 6.07. The van der Waals surface area contributed by atoms with Crippen LogP contribution in [0.25, 0.3) is 0 Å². The fourth-order valence-corrected chi connectivity index (χ4v) is 1.75. The second-order valence-electron chi connectivity index (χ2n) is 4.33. The zero-order valence-electron chi connectivity index (χ0n) is 11.1. The molecule has 0 heterocycles. The molecule has 0 fully saturated rings. The number of benzene rings is 1. The highest BCUT2D eigenvalue weighted by atomic mass is 16.5. The average molecular weight is 262 g/mol. The molecular formula is C14H18N2O3. The van der Waals surface area contributed by atoms with E-state index in [-0.39, 0.29) is 0 Å².